The molecule has 4 nitrogen and oxygen atoms in total. The van der Waals surface area contributed by atoms with Crippen molar-refractivity contribution in [2.24, 2.45) is 0 Å². The van der Waals surface area contributed by atoms with Gasteiger partial charge in [-0.05, 0) is 35.7 Å². The molecule has 1 N–H and O–H groups in total. The molecule has 0 saturated carbocycles. The van der Waals surface area contributed by atoms with Crippen LogP contribution >= 0.6 is 0 Å². The van der Waals surface area contributed by atoms with E-state index in [1.807, 2.05) is 54.6 Å². The van der Waals surface area contributed by atoms with Gasteiger partial charge in [-0.1, -0.05) is 36.4 Å². The van der Waals surface area contributed by atoms with E-state index in [0.717, 1.165) is 16.9 Å². The average Bonchev–Trinajstić information content (AvgIpc) is 2.60. The fourth-order valence-corrected chi connectivity index (χ4v) is 2.11. The molecule has 2 rings (SSSR count). The monoisotopic (exact) mass is 311 g/mol. The molecule has 0 atom stereocenters. The molecule has 0 unspecified atom stereocenters. The minimum atomic E-state index is -0.158. The van der Waals surface area contributed by atoms with E-state index < -0.39 is 0 Å². The summed E-state index contributed by atoms with van der Waals surface area (Å²) in [5.74, 6) is 1.35. The van der Waals surface area contributed by atoms with Crippen molar-refractivity contribution < 1.29 is 14.3 Å². The van der Waals surface area contributed by atoms with Gasteiger partial charge in [0, 0.05) is 6.54 Å². The molecule has 4 heteroatoms. The maximum atomic E-state index is 11.9. The quantitative estimate of drug-likeness (QED) is 0.762. The van der Waals surface area contributed by atoms with Gasteiger partial charge in [-0.25, -0.2) is 0 Å². The van der Waals surface area contributed by atoms with Gasteiger partial charge in [0.15, 0.2) is 6.61 Å². The van der Waals surface area contributed by atoms with Crippen LogP contribution in [0.2, 0.25) is 0 Å². The first-order valence-electron chi connectivity index (χ1n) is 7.44. The third-order valence-corrected chi connectivity index (χ3v) is 3.34. The lowest BCUT2D eigenvalue weighted by molar-refractivity contribution is -0.123. The van der Waals surface area contributed by atoms with Gasteiger partial charge in [-0.2, -0.15) is 0 Å². The number of hydrogen-bond acceptors (Lipinski definition) is 3. The molecule has 0 spiro atoms. The fraction of sp³-hybridized carbons (Fsp3) is 0.211. The zero-order valence-electron chi connectivity index (χ0n) is 13.2. The molecule has 0 saturated heterocycles. The molecule has 0 radical (unpaired) electrons. The van der Waals surface area contributed by atoms with Crippen LogP contribution in [0.1, 0.15) is 11.1 Å². The molecule has 0 aliphatic rings. The van der Waals surface area contributed by atoms with E-state index in [1.54, 1.807) is 7.11 Å². The average molecular weight is 311 g/mol. The standard InChI is InChI=1S/C19H21NO3/c1-3-6-16-7-4-5-8-18(16)23-14-19(21)20-13-15-9-11-17(22-2)12-10-15/h3-5,7-12H,1,6,13-14H2,2H3,(H,20,21). The van der Waals surface area contributed by atoms with Gasteiger partial charge in [0.2, 0.25) is 0 Å². The third kappa shape index (κ3) is 5.18. The lowest BCUT2D eigenvalue weighted by atomic mass is 10.1. The number of benzene rings is 2. The Morgan fingerprint density at radius 2 is 1.91 bits per heavy atom. The van der Waals surface area contributed by atoms with E-state index >= 15 is 0 Å². The molecule has 0 heterocycles. The second-order valence-corrected chi connectivity index (χ2v) is 5.01. The van der Waals surface area contributed by atoms with E-state index in [9.17, 15) is 4.79 Å². The number of carbonyl (C=O) groups is 1. The summed E-state index contributed by atoms with van der Waals surface area (Å²) in [5, 5.41) is 2.83. The molecule has 0 aliphatic carbocycles. The van der Waals surface area contributed by atoms with Crippen molar-refractivity contribution >= 4 is 5.91 Å². The van der Waals surface area contributed by atoms with E-state index in [1.165, 1.54) is 0 Å². The summed E-state index contributed by atoms with van der Waals surface area (Å²) in [4.78, 5) is 11.9. The summed E-state index contributed by atoms with van der Waals surface area (Å²) in [7, 11) is 1.62. The first-order valence-corrected chi connectivity index (χ1v) is 7.44. The summed E-state index contributed by atoms with van der Waals surface area (Å²) in [5.41, 5.74) is 2.02. The Morgan fingerprint density at radius 1 is 1.17 bits per heavy atom. The second kappa shape index (κ2) is 8.63. The van der Waals surface area contributed by atoms with Crippen LogP contribution in [-0.2, 0) is 17.8 Å². The molecule has 0 fully saturated rings. The van der Waals surface area contributed by atoms with E-state index in [4.69, 9.17) is 9.47 Å². The highest BCUT2D eigenvalue weighted by Gasteiger charge is 2.06. The third-order valence-electron chi connectivity index (χ3n) is 3.34. The van der Waals surface area contributed by atoms with Crippen LogP contribution in [0.4, 0.5) is 0 Å². The predicted octanol–water partition coefficient (Wildman–Crippen LogP) is 3.12. The molecule has 120 valence electrons. The zero-order chi connectivity index (χ0) is 16.5. The minimum absolute atomic E-state index is 0.00961. The van der Waals surface area contributed by atoms with Gasteiger partial charge in [0.05, 0.1) is 7.11 Å². The molecular formula is C19H21NO3. The van der Waals surface area contributed by atoms with Crippen LogP contribution in [0.3, 0.4) is 0 Å². The Hall–Kier alpha value is -2.75. The summed E-state index contributed by atoms with van der Waals surface area (Å²) in [6, 6.07) is 15.2. The Bertz CT molecular complexity index is 650. The van der Waals surface area contributed by atoms with Crippen LogP contribution < -0.4 is 14.8 Å². The van der Waals surface area contributed by atoms with Gasteiger partial charge < -0.3 is 14.8 Å². The molecule has 0 bridgehead atoms. The summed E-state index contributed by atoms with van der Waals surface area (Å²) >= 11 is 0. The van der Waals surface area contributed by atoms with Crippen molar-refractivity contribution in [2.75, 3.05) is 13.7 Å². The number of amides is 1. The fourth-order valence-electron chi connectivity index (χ4n) is 2.11. The number of rotatable bonds is 8. The second-order valence-electron chi connectivity index (χ2n) is 5.01. The van der Waals surface area contributed by atoms with Crippen molar-refractivity contribution in [2.45, 2.75) is 13.0 Å². The van der Waals surface area contributed by atoms with Gasteiger partial charge >= 0.3 is 0 Å². The summed E-state index contributed by atoms with van der Waals surface area (Å²) in [6.07, 6.45) is 2.52. The minimum Gasteiger partial charge on any atom is -0.497 e. The largest absolute Gasteiger partial charge is 0.497 e. The predicted molar refractivity (Wildman–Crippen MR) is 90.7 cm³/mol. The number of methoxy groups -OCH3 is 1. The number of ether oxygens (including phenoxy) is 2. The molecule has 2 aromatic rings. The van der Waals surface area contributed by atoms with Gasteiger partial charge in [-0.3, -0.25) is 4.79 Å². The van der Waals surface area contributed by atoms with Crippen LogP contribution in [0, 0.1) is 0 Å². The lowest BCUT2D eigenvalue weighted by Crippen LogP contribution is -2.28. The maximum Gasteiger partial charge on any atom is 0.258 e. The Kier molecular flexibility index (Phi) is 6.24. The molecule has 0 aromatic heterocycles. The summed E-state index contributed by atoms with van der Waals surface area (Å²) in [6.45, 7) is 4.17. The molecule has 2 aromatic carbocycles. The highest BCUT2D eigenvalue weighted by atomic mass is 16.5. The van der Waals surface area contributed by atoms with Crippen LogP contribution in [0.5, 0.6) is 11.5 Å². The van der Waals surface area contributed by atoms with Crippen LogP contribution in [-0.4, -0.2) is 19.6 Å². The van der Waals surface area contributed by atoms with Crippen LogP contribution in [0.15, 0.2) is 61.2 Å². The zero-order valence-corrected chi connectivity index (χ0v) is 13.2. The SMILES string of the molecule is C=CCc1ccccc1OCC(=O)NCc1ccc(OC)cc1. The molecule has 1 amide bonds. The number of carbonyl (C=O) groups excluding carboxylic acids is 1. The van der Waals surface area contributed by atoms with Gasteiger partial charge in [0.25, 0.3) is 5.91 Å². The van der Waals surface area contributed by atoms with Crippen molar-refractivity contribution in [3.05, 3.63) is 72.3 Å². The first-order chi connectivity index (χ1) is 11.2. The smallest absolute Gasteiger partial charge is 0.258 e. The molecular weight excluding hydrogens is 290 g/mol. The van der Waals surface area contributed by atoms with Gasteiger partial charge in [0.1, 0.15) is 11.5 Å². The highest BCUT2D eigenvalue weighted by Crippen LogP contribution is 2.18. The van der Waals surface area contributed by atoms with Crippen molar-refractivity contribution in [3.63, 3.8) is 0 Å². The van der Waals surface area contributed by atoms with Crippen molar-refractivity contribution in [1.29, 1.82) is 0 Å². The van der Waals surface area contributed by atoms with Crippen molar-refractivity contribution in [1.82, 2.24) is 5.32 Å². The highest BCUT2D eigenvalue weighted by molar-refractivity contribution is 5.77. The Morgan fingerprint density at radius 3 is 2.61 bits per heavy atom. The Balaban J connectivity index is 1.82. The topological polar surface area (TPSA) is 47.6 Å². The lowest BCUT2D eigenvalue weighted by Gasteiger charge is -2.11. The van der Waals surface area contributed by atoms with E-state index in [0.29, 0.717) is 18.7 Å². The maximum absolute atomic E-state index is 11.9. The van der Waals surface area contributed by atoms with Crippen LogP contribution in [0.25, 0.3) is 0 Å². The van der Waals surface area contributed by atoms with Crippen molar-refractivity contribution in [3.8, 4) is 11.5 Å². The molecule has 23 heavy (non-hydrogen) atoms. The van der Waals surface area contributed by atoms with E-state index in [2.05, 4.69) is 11.9 Å². The number of allylic oxidation sites excluding steroid dienone is 1. The molecule has 0 aliphatic heterocycles. The number of hydrogen-bond donors (Lipinski definition) is 1. The number of para-hydroxylation sites is 1. The summed E-state index contributed by atoms with van der Waals surface area (Å²) < 4.78 is 10.7. The number of nitrogens with one attached hydrogen (secondary N) is 1. The Labute approximate surface area is 136 Å². The first kappa shape index (κ1) is 16.6. The van der Waals surface area contributed by atoms with E-state index in [-0.39, 0.29) is 12.5 Å². The normalized spacial score (nSPS) is 9.96. The van der Waals surface area contributed by atoms with Gasteiger partial charge in [-0.15, -0.1) is 6.58 Å².